The van der Waals surface area contributed by atoms with Gasteiger partial charge in [-0.15, -0.1) is 0 Å². The number of para-hydroxylation sites is 1. The smallest absolute Gasteiger partial charge is 0.196 e. The molecule has 0 spiro atoms. The lowest BCUT2D eigenvalue weighted by Gasteiger charge is -2.16. The second-order valence-electron chi connectivity index (χ2n) is 6.73. The van der Waals surface area contributed by atoms with Gasteiger partial charge in [-0.3, -0.25) is 9.67 Å². The van der Waals surface area contributed by atoms with Gasteiger partial charge in [-0.25, -0.2) is 0 Å². The number of rotatable bonds is 6. The van der Waals surface area contributed by atoms with Crippen LogP contribution in [0.25, 0.3) is 11.4 Å². The molecule has 1 aromatic heterocycles. The third kappa shape index (κ3) is 4.26. The fraction of sp³-hybridized carbons (Fsp3) is 0.130. The minimum absolute atomic E-state index is 0.0701. The Labute approximate surface area is 179 Å². The normalized spacial score (nSPS) is 11.9. The van der Waals surface area contributed by atoms with Crippen molar-refractivity contribution in [3.05, 3.63) is 99.8 Å². The van der Waals surface area contributed by atoms with Gasteiger partial charge in [0.05, 0.1) is 11.1 Å². The summed E-state index contributed by atoms with van der Waals surface area (Å²) < 4.78 is 8.46. The number of H-pyrrole nitrogens is 1. The van der Waals surface area contributed by atoms with Crippen molar-refractivity contribution < 1.29 is 4.74 Å². The van der Waals surface area contributed by atoms with Gasteiger partial charge in [0, 0.05) is 5.56 Å². The van der Waals surface area contributed by atoms with Gasteiger partial charge < -0.3 is 4.74 Å². The average molecular weight is 422 g/mol. The molecule has 29 heavy (non-hydrogen) atoms. The molecule has 0 radical (unpaired) electrons. The summed E-state index contributed by atoms with van der Waals surface area (Å²) in [6.07, 6.45) is 0. The van der Waals surface area contributed by atoms with Crippen LogP contribution in [0.3, 0.4) is 0 Å². The van der Waals surface area contributed by atoms with Crippen LogP contribution in [0.1, 0.15) is 24.1 Å². The molecule has 0 amide bonds. The maximum absolute atomic E-state index is 6.15. The van der Waals surface area contributed by atoms with Crippen LogP contribution in [0.15, 0.2) is 78.9 Å². The van der Waals surface area contributed by atoms with E-state index in [1.165, 1.54) is 5.56 Å². The number of benzene rings is 3. The highest BCUT2D eigenvalue weighted by Gasteiger charge is 2.16. The van der Waals surface area contributed by atoms with E-state index in [-0.39, 0.29) is 6.04 Å². The molecule has 0 saturated carbocycles. The van der Waals surface area contributed by atoms with Gasteiger partial charge in [0.2, 0.25) is 0 Å². The average Bonchev–Trinajstić information content (AvgIpc) is 3.15. The second-order valence-corrected chi connectivity index (χ2v) is 7.52. The number of ether oxygens (including phenoxy) is 1. The van der Waals surface area contributed by atoms with Crippen molar-refractivity contribution in [2.45, 2.75) is 19.6 Å². The number of nitrogens with zero attached hydrogens (tertiary/aromatic N) is 2. The highest BCUT2D eigenvalue weighted by molar-refractivity contribution is 7.71. The highest BCUT2D eigenvalue weighted by Crippen LogP contribution is 2.27. The molecule has 1 atom stereocenters. The molecule has 0 aliphatic carbocycles. The molecule has 0 aliphatic rings. The Balaban J connectivity index is 1.56. The quantitative estimate of drug-likeness (QED) is 0.364. The van der Waals surface area contributed by atoms with Gasteiger partial charge in [0.15, 0.2) is 10.6 Å². The zero-order valence-corrected chi connectivity index (χ0v) is 17.5. The Kier molecular flexibility index (Phi) is 5.79. The van der Waals surface area contributed by atoms with Gasteiger partial charge in [-0.2, -0.15) is 5.10 Å². The Morgan fingerprint density at radius 1 is 1.00 bits per heavy atom. The van der Waals surface area contributed by atoms with Crippen LogP contribution in [0.2, 0.25) is 5.02 Å². The molecule has 6 heteroatoms. The van der Waals surface area contributed by atoms with Crippen molar-refractivity contribution in [3.8, 4) is 17.1 Å². The summed E-state index contributed by atoms with van der Waals surface area (Å²) in [6.45, 7) is 2.56. The predicted octanol–water partition coefficient (Wildman–Crippen LogP) is 6.45. The van der Waals surface area contributed by atoms with E-state index in [1.54, 1.807) is 0 Å². The first-order valence-corrected chi connectivity index (χ1v) is 10.1. The minimum atomic E-state index is 0.0701. The summed E-state index contributed by atoms with van der Waals surface area (Å²) in [5.74, 6) is 1.49. The number of aromatic nitrogens is 3. The first-order valence-electron chi connectivity index (χ1n) is 9.32. The highest BCUT2D eigenvalue weighted by atomic mass is 35.5. The van der Waals surface area contributed by atoms with Crippen LogP contribution < -0.4 is 4.74 Å². The van der Waals surface area contributed by atoms with Gasteiger partial charge in [-0.05, 0) is 42.4 Å². The molecule has 4 nitrogen and oxygen atoms in total. The third-order valence-electron chi connectivity index (χ3n) is 4.82. The maximum atomic E-state index is 6.15. The van der Waals surface area contributed by atoms with Crippen molar-refractivity contribution in [2.24, 2.45) is 0 Å². The SMILES string of the molecule is C[C@@H](c1ccccc1)n1c(-c2ccc(COc3ccccc3Cl)cc2)n[nH]c1=S. The third-order valence-corrected chi connectivity index (χ3v) is 5.42. The van der Waals surface area contributed by atoms with Gasteiger partial charge >= 0.3 is 0 Å². The van der Waals surface area contributed by atoms with Crippen molar-refractivity contribution in [2.75, 3.05) is 0 Å². The molecule has 0 unspecified atom stereocenters. The van der Waals surface area contributed by atoms with E-state index in [1.807, 2.05) is 71.3 Å². The standard InChI is InChI=1S/C23H20ClN3OS/c1-16(18-7-3-2-4-8-18)27-22(25-26-23(27)29)19-13-11-17(12-14-19)15-28-21-10-6-5-9-20(21)24/h2-14,16H,15H2,1H3,(H,26,29)/t16-/m0/s1. The first-order chi connectivity index (χ1) is 14.1. The van der Waals surface area contributed by atoms with Crippen molar-refractivity contribution >= 4 is 23.8 Å². The monoisotopic (exact) mass is 421 g/mol. The fourth-order valence-electron chi connectivity index (χ4n) is 3.22. The Morgan fingerprint density at radius 2 is 1.69 bits per heavy atom. The number of hydrogen-bond acceptors (Lipinski definition) is 3. The minimum Gasteiger partial charge on any atom is -0.487 e. The molecule has 0 saturated heterocycles. The zero-order valence-electron chi connectivity index (χ0n) is 15.9. The van der Waals surface area contributed by atoms with E-state index in [9.17, 15) is 0 Å². The molecule has 4 aromatic rings. The first kappa shape index (κ1) is 19.4. The molecule has 146 valence electrons. The van der Waals surface area contributed by atoms with Crippen molar-refractivity contribution in [1.82, 2.24) is 14.8 Å². The fourth-order valence-corrected chi connectivity index (χ4v) is 3.70. The van der Waals surface area contributed by atoms with Gasteiger partial charge in [-0.1, -0.05) is 78.3 Å². The molecule has 4 rings (SSSR count). The molecular weight excluding hydrogens is 402 g/mol. The summed E-state index contributed by atoms with van der Waals surface area (Å²) >= 11 is 11.6. The molecule has 1 N–H and O–H groups in total. The van der Waals surface area contributed by atoms with Gasteiger partial charge in [0.1, 0.15) is 12.4 Å². The Hall–Kier alpha value is -2.89. The lowest BCUT2D eigenvalue weighted by Crippen LogP contribution is -2.08. The van der Waals surface area contributed by atoms with Gasteiger partial charge in [0.25, 0.3) is 0 Å². The summed E-state index contributed by atoms with van der Waals surface area (Å²) in [4.78, 5) is 0. The topological polar surface area (TPSA) is 42.8 Å². The molecule has 3 aromatic carbocycles. The Morgan fingerprint density at radius 3 is 2.41 bits per heavy atom. The van der Waals surface area contributed by atoms with Crippen molar-refractivity contribution in [3.63, 3.8) is 0 Å². The lowest BCUT2D eigenvalue weighted by molar-refractivity contribution is 0.306. The van der Waals surface area contributed by atoms with E-state index >= 15 is 0 Å². The van der Waals surface area contributed by atoms with E-state index < -0.39 is 0 Å². The van der Waals surface area contributed by atoms with Crippen molar-refractivity contribution in [1.29, 1.82) is 0 Å². The number of hydrogen-bond donors (Lipinski definition) is 1. The summed E-state index contributed by atoms with van der Waals surface area (Å²) in [5.41, 5.74) is 3.21. The number of halogens is 1. The summed E-state index contributed by atoms with van der Waals surface area (Å²) in [6, 6.07) is 25.9. The molecule has 1 heterocycles. The lowest BCUT2D eigenvalue weighted by atomic mass is 10.1. The summed E-state index contributed by atoms with van der Waals surface area (Å²) in [7, 11) is 0. The maximum Gasteiger partial charge on any atom is 0.196 e. The molecular formula is C23H20ClN3OS. The summed E-state index contributed by atoms with van der Waals surface area (Å²) in [5, 5.41) is 8.00. The molecule has 0 bridgehead atoms. The second kappa shape index (κ2) is 8.64. The Bertz CT molecular complexity index is 1150. The number of aromatic amines is 1. The van der Waals surface area contributed by atoms with Crippen LogP contribution >= 0.6 is 23.8 Å². The van der Waals surface area contributed by atoms with E-state index in [0.717, 1.165) is 17.0 Å². The largest absolute Gasteiger partial charge is 0.487 e. The van der Waals surface area contributed by atoms with E-state index in [2.05, 4.69) is 29.3 Å². The molecule has 0 fully saturated rings. The van der Waals surface area contributed by atoms with E-state index in [0.29, 0.717) is 22.2 Å². The number of nitrogens with one attached hydrogen (secondary N) is 1. The van der Waals surface area contributed by atoms with Crippen LogP contribution in [-0.2, 0) is 6.61 Å². The predicted molar refractivity (Wildman–Crippen MR) is 119 cm³/mol. The molecule has 0 aliphatic heterocycles. The van der Waals surface area contributed by atoms with Crippen LogP contribution in [0, 0.1) is 4.77 Å². The van der Waals surface area contributed by atoms with Crippen LogP contribution in [-0.4, -0.2) is 14.8 Å². The van der Waals surface area contributed by atoms with Crippen LogP contribution in [0.4, 0.5) is 0 Å². The zero-order chi connectivity index (χ0) is 20.2. The van der Waals surface area contributed by atoms with E-state index in [4.69, 9.17) is 28.6 Å². The van der Waals surface area contributed by atoms with Crippen LogP contribution in [0.5, 0.6) is 5.75 Å².